The summed E-state index contributed by atoms with van der Waals surface area (Å²) >= 11 is 0. The number of aryl methyl sites for hydroxylation is 1. The van der Waals surface area contributed by atoms with Crippen LogP contribution in [0.4, 0.5) is 5.95 Å². The predicted molar refractivity (Wildman–Crippen MR) is 91.0 cm³/mol. The van der Waals surface area contributed by atoms with Crippen molar-refractivity contribution >= 4 is 17.1 Å². The van der Waals surface area contributed by atoms with Crippen molar-refractivity contribution in [2.45, 2.75) is 40.2 Å². The molecule has 126 valence electrons. The van der Waals surface area contributed by atoms with Crippen LogP contribution in [0.15, 0.2) is 9.59 Å². The summed E-state index contributed by atoms with van der Waals surface area (Å²) in [4.78, 5) is 33.6. The zero-order valence-corrected chi connectivity index (χ0v) is 14.3. The third-order valence-electron chi connectivity index (χ3n) is 4.47. The van der Waals surface area contributed by atoms with Crippen LogP contribution < -0.4 is 16.1 Å². The topological polar surface area (TPSA) is 75.9 Å². The van der Waals surface area contributed by atoms with Crippen LogP contribution in [0.3, 0.4) is 0 Å². The molecule has 0 bridgehead atoms. The SMILES string of the molecule is CC(C)Cn1c(N2CCCC(C)C2)nc2c1c(=O)[nH]c(=O)n2C. The first-order valence-electron chi connectivity index (χ1n) is 8.33. The van der Waals surface area contributed by atoms with E-state index in [1.807, 2.05) is 4.57 Å². The van der Waals surface area contributed by atoms with Gasteiger partial charge in [0.25, 0.3) is 5.56 Å². The van der Waals surface area contributed by atoms with E-state index < -0.39 is 5.69 Å². The zero-order valence-electron chi connectivity index (χ0n) is 14.3. The molecule has 7 nitrogen and oxygen atoms in total. The minimum absolute atomic E-state index is 0.354. The van der Waals surface area contributed by atoms with Crippen LogP contribution in [0.5, 0.6) is 0 Å². The third kappa shape index (κ3) is 2.80. The van der Waals surface area contributed by atoms with Gasteiger partial charge in [-0.2, -0.15) is 4.98 Å². The van der Waals surface area contributed by atoms with Gasteiger partial charge in [-0.1, -0.05) is 20.8 Å². The van der Waals surface area contributed by atoms with E-state index in [1.54, 1.807) is 7.05 Å². The summed E-state index contributed by atoms with van der Waals surface area (Å²) in [5.41, 5.74) is 0.185. The smallest absolute Gasteiger partial charge is 0.329 e. The van der Waals surface area contributed by atoms with Crippen LogP contribution in [-0.4, -0.2) is 32.2 Å². The van der Waals surface area contributed by atoms with Gasteiger partial charge in [0.15, 0.2) is 11.2 Å². The molecule has 1 N–H and O–H groups in total. The number of piperidine rings is 1. The maximum Gasteiger partial charge on any atom is 0.329 e. The van der Waals surface area contributed by atoms with Crippen LogP contribution in [-0.2, 0) is 13.6 Å². The fraction of sp³-hybridized carbons (Fsp3) is 0.688. The van der Waals surface area contributed by atoms with Crippen molar-refractivity contribution in [2.75, 3.05) is 18.0 Å². The van der Waals surface area contributed by atoms with Gasteiger partial charge in [0.05, 0.1) is 0 Å². The molecule has 0 aliphatic carbocycles. The predicted octanol–water partition coefficient (Wildman–Crippen LogP) is 1.32. The number of fused-ring (bicyclic) bond motifs is 1. The minimum atomic E-state index is -0.421. The number of imidazole rings is 1. The van der Waals surface area contributed by atoms with Gasteiger partial charge in [-0.25, -0.2) is 4.79 Å². The van der Waals surface area contributed by atoms with Crippen LogP contribution in [0.1, 0.15) is 33.6 Å². The standard InChI is InChI=1S/C16H25N5O2/c1-10(2)8-21-12-13(19(4)16(23)18-14(12)22)17-15(21)20-7-5-6-11(3)9-20/h10-11H,5-9H2,1-4H3,(H,18,22,23). The van der Waals surface area contributed by atoms with Crippen molar-refractivity contribution in [1.29, 1.82) is 0 Å². The molecule has 2 aromatic rings. The maximum atomic E-state index is 12.4. The summed E-state index contributed by atoms with van der Waals surface area (Å²) in [6, 6.07) is 0. The van der Waals surface area contributed by atoms with Gasteiger partial charge in [-0.15, -0.1) is 0 Å². The van der Waals surface area contributed by atoms with E-state index in [1.165, 1.54) is 11.0 Å². The van der Waals surface area contributed by atoms with E-state index in [9.17, 15) is 9.59 Å². The van der Waals surface area contributed by atoms with E-state index in [2.05, 4.69) is 35.6 Å². The maximum absolute atomic E-state index is 12.4. The Labute approximate surface area is 134 Å². The lowest BCUT2D eigenvalue weighted by Crippen LogP contribution is -2.36. The van der Waals surface area contributed by atoms with Gasteiger partial charge in [0, 0.05) is 26.7 Å². The number of rotatable bonds is 3. The fourth-order valence-corrected chi connectivity index (χ4v) is 3.37. The molecule has 7 heteroatoms. The van der Waals surface area contributed by atoms with Gasteiger partial charge in [-0.05, 0) is 24.7 Å². The molecule has 0 spiro atoms. The summed E-state index contributed by atoms with van der Waals surface area (Å²) in [5, 5.41) is 0. The highest BCUT2D eigenvalue weighted by Crippen LogP contribution is 2.25. The van der Waals surface area contributed by atoms with Gasteiger partial charge in [0.1, 0.15) is 0 Å². The van der Waals surface area contributed by atoms with Gasteiger partial charge >= 0.3 is 5.69 Å². The Bertz CT molecular complexity index is 829. The van der Waals surface area contributed by atoms with Crippen LogP contribution >= 0.6 is 0 Å². The van der Waals surface area contributed by atoms with E-state index in [4.69, 9.17) is 0 Å². The summed E-state index contributed by atoms with van der Waals surface area (Å²) < 4.78 is 3.40. The van der Waals surface area contributed by atoms with Crippen molar-refractivity contribution in [2.24, 2.45) is 18.9 Å². The molecule has 1 fully saturated rings. The molecule has 3 heterocycles. The van der Waals surface area contributed by atoms with Crippen molar-refractivity contribution in [3.63, 3.8) is 0 Å². The summed E-state index contributed by atoms with van der Waals surface area (Å²) in [6.45, 7) is 9.06. The summed E-state index contributed by atoms with van der Waals surface area (Å²) in [7, 11) is 1.65. The molecule has 1 aliphatic heterocycles. The van der Waals surface area contributed by atoms with Crippen molar-refractivity contribution in [3.8, 4) is 0 Å². The molecule has 1 unspecified atom stereocenters. The molecular weight excluding hydrogens is 294 g/mol. The molecule has 23 heavy (non-hydrogen) atoms. The second-order valence-electron chi connectivity index (χ2n) is 7.10. The Balaban J connectivity index is 2.23. The number of aromatic amines is 1. The van der Waals surface area contributed by atoms with Crippen LogP contribution in [0.25, 0.3) is 11.2 Å². The van der Waals surface area contributed by atoms with Crippen molar-refractivity contribution in [1.82, 2.24) is 19.1 Å². The fourth-order valence-electron chi connectivity index (χ4n) is 3.37. The molecule has 2 aromatic heterocycles. The average Bonchev–Trinajstić information content (AvgIpc) is 2.84. The van der Waals surface area contributed by atoms with E-state index in [0.29, 0.717) is 29.5 Å². The number of H-pyrrole nitrogens is 1. The first-order chi connectivity index (χ1) is 10.9. The first-order valence-corrected chi connectivity index (χ1v) is 8.33. The monoisotopic (exact) mass is 319 g/mol. The molecule has 3 rings (SSSR count). The Morgan fingerprint density at radius 2 is 2.09 bits per heavy atom. The molecule has 0 saturated carbocycles. The normalized spacial score (nSPS) is 19.0. The lowest BCUT2D eigenvalue weighted by atomic mass is 10.0. The second kappa shape index (κ2) is 5.86. The summed E-state index contributed by atoms with van der Waals surface area (Å²) in [6.07, 6.45) is 2.35. The second-order valence-corrected chi connectivity index (χ2v) is 7.10. The van der Waals surface area contributed by atoms with Crippen molar-refractivity contribution in [3.05, 3.63) is 20.8 Å². The molecular formula is C16H25N5O2. The van der Waals surface area contributed by atoms with Crippen LogP contribution in [0.2, 0.25) is 0 Å². The van der Waals surface area contributed by atoms with Gasteiger partial charge in [-0.3, -0.25) is 14.3 Å². The third-order valence-corrected chi connectivity index (χ3v) is 4.47. The molecule has 0 aromatic carbocycles. The number of nitrogens with one attached hydrogen (secondary N) is 1. The minimum Gasteiger partial charge on any atom is -0.342 e. The Morgan fingerprint density at radius 1 is 1.35 bits per heavy atom. The molecule has 0 amide bonds. The molecule has 1 atom stereocenters. The van der Waals surface area contributed by atoms with E-state index >= 15 is 0 Å². The molecule has 1 saturated heterocycles. The van der Waals surface area contributed by atoms with Crippen molar-refractivity contribution < 1.29 is 0 Å². The number of aromatic nitrogens is 4. The number of hydrogen-bond acceptors (Lipinski definition) is 4. The number of hydrogen-bond donors (Lipinski definition) is 1. The van der Waals surface area contributed by atoms with Gasteiger partial charge < -0.3 is 9.47 Å². The number of nitrogens with zero attached hydrogens (tertiary/aromatic N) is 4. The Kier molecular flexibility index (Phi) is 4.04. The lowest BCUT2D eigenvalue weighted by Gasteiger charge is -2.32. The Morgan fingerprint density at radius 3 is 2.74 bits per heavy atom. The highest BCUT2D eigenvalue weighted by Gasteiger charge is 2.25. The summed E-state index contributed by atoms with van der Waals surface area (Å²) in [5.74, 6) is 1.80. The largest absolute Gasteiger partial charge is 0.342 e. The molecule has 0 radical (unpaired) electrons. The van der Waals surface area contributed by atoms with Crippen LogP contribution in [0, 0.1) is 11.8 Å². The number of anilines is 1. The Hall–Kier alpha value is -2.05. The van der Waals surface area contributed by atoms with E-state index in [-0.39, 0.29) is 5.56 Å². The quantitative estimate of drug-likeness (QED) is 0.925. The molecule has 1 aliphatic rings. The highest BCUT2D eigenvalue weighted by atomic mass is 16.2. The van der Waals surface area contributed by atoms with E-state index in [0.717, 1.165) is 25.5 Å². The average molecular weight is 319 g/mol. The first kappa shape index (κ1) is 15.8. The lowest BCUT2D eigenvalue weighted by molar-refractivity contribution is 0.433. The zero-order chi connectivity index (χ0) is 16.7. The highest BCUT2D eigenvalue weighted by molar-refractivity contribution is 5.74. The van der Waals surface area contributed by atoms with Gasteiger partial charge in [0.2, 0.25) is 5.95 Å².